The van der Waals surface area contributed by atoms with Crippen molar-refractivity contribution < 1.29 is 9.90 Å². The zero-order valence-electron chi connectivity index (χ0n) is 13.0. The summed E-state index contributed by atoms with van der Waals surface area (Å²) in [6.07, 6.45) is 2.82. The highest BCUT2D eigenvalue weighted by atomic mass is 16.3. The second-order valence-corrected chi connectivity index (χ2v) is 6.06. The van der Waals surface area contributed by atoms with Gasteiger partial charge in [0.25, 0.3) is 0 Å². The number of carbonyl (C=O) groups excluding carboxylic acids is 1. The van der Waals surface area contributed by atoms with E-state index in [-0.39, 0.29) is 12.0 Å². The minimum atomic E-state index is -0.320. The average Bonchev–Trinajstić information content (AvgIpc) is 2.45. The molecule has 2 N–H and O–H groups in total. The molecular formula is C17H26N2O2. The highest BCUT2D eigenvalue weighted by molar-refractivity contribution is 5.92. The SMILES string of the molecule is CCCc1ccc(NC(=O)CN2CCC(C)C(O)C2)cc1. The number of hydrogen-bond acceptors (Lipinski definition) is 3. The van der Waals surface area contributed by atoms with Crippen LogP contribution in [0.2, 0.25) is 0 Å². The Morgan fingerprint density at radius 2 is 2.10 bits per heavy atom. The number of aliphatic hydroxyl groups excluding tert-OH is 1. The lowest BCUT2D eigenvalue weighted by molar-refractivity contribution is -0.118. The molecule has 2 rings (SSSR count). The van der Waals surface area contributed by atoms with Gasteiger partial charge in [-0.25, -0.2) is 0 Å². The summed E-state index contributed by atoms with van der Waals surface area (Å²) in [6.45, 7) is 6.02. The molecule has 1 aliphatic rings. The molecule has 0 bridgehead atoms. The van der Waals surface area contributed by atoms with Crippen molar-refractivity contribution in [1.82, 2.24) is 4.90 Å². The van der Waals surface area contributed by atoms with Crippen LogP contribution in [-0.4, -0.2) is 41.7 Å². The monoisotopic (exact) mass is 290 g/mol. The van der Waals surface area contributed by atoms with Gasteiger partial charge in [-0.05, 0) is 43.0 Å². The summed E-state index contributed by atoms with van der Waals surface area (Å²) >= 11 is 0. The van der Waals surface area contributed by atoms with Crippen LogP contribution in [0.3, 0.4) is 0 Å². The van der Waals surface area contributed by atoms with Gasteiger partial charge >= 0.3 is 0 Å². The molecule has 1 saturated heterocycles. The summed E-state index contributed by atoms with van der Waals surface area (Å²) in [5, 5.41) is 12.8. The van der Waals surface area contributed by atoms with E-state index in [4.69, 9.17) is 0 Å². The molecule has 1 heterocycles. The summed E-state index contributed by atoms with van der Waals surface area (Å²) in [7, 11) is 0. The van der Waals surface area contributed by atoms with Crippen LogP contribution in [0.4, 0.5) is 5.69 Å². The van der Waals surface area contributed by atoms with E-state index in [1.165, 1.54) is 5.56 Å². The predicted octanol–water partition coefficient (Wildman–Crippen LogP) is 2.28. The predicted molar refractivity (Wildman–Crippen MR) is 85.3 cm³/mol. The van der Waals surface area contributed by atoms with Crippen LogP contribution in [0.5, 0.6) is 0 Å². The number of aryl methyl sites for hydroxylation is 1. The molecule has 2 atom stereocenters. The Morgan fingerprint density at radius 1 is 1.38 bits per heavy atom. The first-order valence-corrected chi connectivity index (χ1v) is 7.87. The maximum absolute atomic E-state index is 12.0. The van der Waals surface area contributed by atoms with Crippen LogP contribution in [0.25, 0.3) is 0 Å². The Bertz CT molecular complexity index is 458. The van der Waals surface area contributed by atoms with Crippen LogP contribution in [0, 0.1) is 5.92 Å². The molecule has 0 spiro atoms. The summed E-state index contributed by atoms with van der Waals surface area (Å²) < 4.78 is 0. The second-order valence-electron chi connectivity index (χ2n) is 6.06. The van der Waals surface area contributed by atoms with Gasteiger partial charge < -0.3 is 10.4 Å². The molecule has 1 fully saturated rings. The maximum Gasteiger partial charge on any atom is 0.238 e. The smallest absolute Gasteiger partial charge is 0.238 e. The molecule has 0 radical (unpaired) electrons. The van der Waals surface area contributed by atoms with Crippen LogP contribution < -0.4 is 5.32 Å². The van der Waals surface area contributed by atoms with Gasteiger partial charge in [0.2, 0.25) is 5.91 Å². The Hall–Kier alpha value is -1.39. The summed E-state index contributed by atoms with van der Waals surface area (Å²) in [5.74, 6) is 0.315. The number of piperidine rings is 1. The first-order chi connectivity index (χ1) is 10.1. The number of amides is 1. The van der Waals surface area contributed by atoms with E-state index in [2.05, 4.69) is 31.3 Å². The van der Waals surface area contributed by atoms with Gasteiger partial charge in [0.1, 0.15) is 0 Å². The van der Waals surface area contributed by atoms with Gasteiger partial charge in [0.05, 0.1) is 12.6 Å². The number of carbonyl (C=O) groups is 1. The van der Waals surface area contributed by atoms with E-state index < -0.39 is 0 Å². The maximum atomic E-state index is 12.0. The van der Waals surface area contributed by atoms with Crippen molar-refractivity contribution in [3.05, 3.63) is 29.8 Å². The molecule has 116 valence electrons. The van der Waals surface area contributed by atoms with Gasteiger partial charge in [-0.3, -0.25) is 9.69 Å². The lowest BCUT2D eigenvalue weighted by Crippen LogP contribution is -2.45. The molecule has 4 heteroatoms. The third-order valence-electron chi connectivity index (χ3n) is 4.15. The molecule has 1 aliphatic heterocycles. The van der Waals surface area contributed by atoms with E-state index in [1.807, 2.05) is 17.0 Å². The molecule has 1 aromatic rings. The molecule has 21 heavy (non-hydrogen) atoms. The molecule has 4 nitrogen and oxygen atoms in total. The number of rotatable bonds is 5. The number of benzene rings is 1. The molecule has 0 aliphatic carbocycles. The van der Waals surface area contributed by atoms with Crippen LogP contribution in [0.1, 0.15) is 32.3 Å². The number of likely N-dealkylation sites (tertiary alicyclic amines) is 1. The number of hydrogen-bond donors (Lipinski definition) is 2. The van der Waals surface area contributed by atoms with Crippen molar-refractivity contribution in [2.24, 2.45) is 5.92 Å². The largest absolute Gasteiger partial charge is 0.392 e. The van der Waals surface area contributed by atoms with E-state index in [0.717, 1.165) is 31.5 Å². The second kappa shape index (κ2) is 7.57. The summed E-state index contributed by atoms with van der Waals surface area (Å²) in [6, 6.07) is 8.03. The highest BCUT2D eigenvalue weighted by Crippen LogP contribution is 2.17. The quantitative estimate of drug-likeness (QED) is 0.875. The van der Waals surface area contributed by atoms with Gasteiger partial charge in [-0.15, -0.1) is 0 Å². The van der Waals surface area contributed by atoms with E-state index in [1.54, 1.807) is 0 Å². The minimum Gasteiger partial charge on any atom is -0.392 e. The van der Waals surface area contributed by atoms with E-state index in [0.29, 0.717) is 19.0 Å². The number of nitrogens with zero attached hydrogens (tertiary/aromatic N) is 1. The van der Waals surface area contributed by atoms with E-state index in [9.17, 15) is 9.90 Å². The topological polar surface area (TPSA) is 52.6 Å². The summed E-state index contributed by atoms with van der Waals surface area (Å²) in [4.78, 5) is 14.1. The van der Waals surface area contributed by atoms with Crippen molar-refractivity contribution >= 4 is 11.6 Å². The first kappa shape index (κ1) is 16.0. The van der Waals surface area contributed by atoms with Gasteiger partial charge in [-0.1, -0.05) is 32.4 Å². The zero-order chi connectivity index (χ0) is 15.2. The standard InChI is InChI=1S/C17H26N2O2/c1-3-4-14-5-7-15(8-6-14)18-17(21)12-19-10-9-13(2)16(20)11-19/h5-8,13,16,20H,3-4,9-12H2,1-2H3,(H,18,21). The number of nitrogens with one attached hydrogen (secondary N) is 1. The zero-order valence-corrected chi connectivity index (χ0v) is 13.0. The van der Waals surface area contributed by atoms with Crippen molar-refractivity contribution in [3.63, 3.8) is 0 Å². The normalized spacial score (nSPS) is 23.0. The number of anilines is 1. The molecular weight excluding hydrogens is 264 g/mol. The third kappa shape index (κ3) is 4.83. The lowest BCUT2D eigenvalue weighted by Gasteiger charge is -2.33. The fraction of sp³-hybridized carbons (Fsp3) is 0.588. The fourth-order valence-corrected chi connectivity index (χ4v) is 2.71. The number of aliphatic hydroxyl groups is 1. The Morgan fingerprint density at radius 3 is 2.71 bits per heavy atom. The first-order valence-electron chi connectivity index (χ1n) is 7.87. The third-order valence-corrected chi connectivity index (χ3v) is 4.15. The molecule has 0 aromatic heterocycles. The Balaban J connectivity index is 1.81. The number of β-amino-alcohol motifs (C(OH)–C–C–N with tert-alkyl or cyclic N) is 1. The van der Waals surface area contributed by atoms with Crippen LogP contribution in [0.15, 0.2) is 24.3 Å². The van der Waals surface area contributed by atoms with Crippen LogP contribution >= 0.6 is 0 Å². The Labute approximate surface area is 127 Å². The molecule has 2 unspecified atom stereocenters. The van der Waals surface area contributed by atoms with Crippen LogP contribution in [-0.2, 0) is 11.2 Å². The average molecular weight is 290 g/mol. The molecule has 1 aromatic carbocycles. The van der Waals surface area contributed by atoms with E-state index >= 15 is 0 Å². The fourth-order valence-electron chi connectivity index (χ4n) is 2.71. The summed E-state index contributed by atoms with van der Waals surface area (Å²) in [5.41, 5.74) is 2.13. The highest BCUT2D eigenvalue weighted by Gasteiger charge is 2.25. The lowest BCUT2D eigenvalue weighted by atomic mass is 9.96. The van der Waals surface area contributed by atoms with Crippen molar-refractivity contribution in [1.29, 1.82) is 0 Å². The van der Waals surface area contributed by atoms with Gasteiger partial charge in [0.15, 0.2) is 0 Å². The molecule has 0 saturated carbocycles. The molecule has 1 amide bonds. The van der Waals surface area contributed by atoms with Gasteiger partial charge in [0, 0.05) is 12.2 Å². The minimum absolute atomic E-state index is 0.0139. The van der Waals surface area contributed by atoms with Crippen molar-refractivity contribution in [2.45, 2.75) is 39.2 Å². The van der Waals surface area contributed by atoms with Gasteiger partial charge in [-0.2, -0.15) is 0 Å². The van der Waals surface area contributed by atoms with Crippen molar-refractivity contribution in [2.75, 3.05) is 25.0 Å². The Kier molecular flexibility index (Phi) is 5.76. The van der Waals surface area contributed by atoms with Crippen molar-refractivity contribution in [3.8, 4) is 0 Å².